The fourth-order valence-corrected chi connectivity index (χ4v) is 6.03. The molecule has 1 N–H and O–H groups in total. The van der Waals surface area contributed by atoms with Gasteiger partial charge in [0, 0.05) is 28.2 Å². The monoisotopic (exact) mass is 623 g/mol. The highest BCUT2D eigenvalue weighted by Gasteiger charge is 2.33. The molecule has 1 atom stereocenters. The van der Waals surface area contributed by atoms with Gasteiger partial charge >= 0.3 is 0 Å². The van der Waals surface area contributed by atoms with E-state index in [1.807, 2.05) is 13.8 Å². The van der Waals surface area contributed by atoms with Crippen molar-refractivity contribution >= 4 is 62.3 Å². The van der Waals surface area contributed by atoms with Gasteiger partial charge in [-0.05, 0) is 73.4 Å². The van der Waals surface area contributed by atoms with E-state index in [1.165, 1.54) is 29.2 Å². The van der Waals surface area contributed by atoms with Gasteiger partial charge < -0.3 is 10.2 Å². The van der Waals surface area contributed by atoms with Gasteiger partial charge in [-0.3, -0.25) is 13.9 Å². The molecule has 0 saturated heterocycles. The zero-order valence-corrected chi connectivity index (χ0v) is 25.8. The van der Waals surface area contributed by atoms with Crippen molar-refractivity contribution in [3.05, 3.63) is 92.9 Å². The summed E-state index contributed by atoms with van der Waals surface area (Å²) in [7, 11) is -4.19. The Morgan fingerprint density at radius 2 is 1.52 bits per heavy atom. The lowest BCUT2D eigenvalue weighted by Crippen LogP contribution is -2.51. The Morgan fingerprint density at radius 1 is 0.900 bits per heavy atom. The molecule has 2 amide bonds. The average Bonchev–Trinajstić information content (AvgIpc) is 2.90. The number of sulfonamides is 1. The highest BCUT2D eigenvalue weighted by Crippen LogP contribution is 2.29. The molecular weight excluding hydrogens is 593 g/mol. The number of rotatable bonds is 11. The normalized spacial score (nSPS) is 12.2. The summed E-state index contributed by atoms with van der Waals surface area (Å²) in [4.78, 5) is 28.4. The number of carbonyl (C=O) groups is 2. The van der Waals surface area contributed by atoms with Crippen molar-refractivity contribution in [3.63, 3.8) is 0 Å². The maximum atomic E-state index is 14.0. The number of para-hydroxylation sites is 1. The number of aryl methyl sites for hydroxylation is 1. The number of hydrogen-bond acceptors (Lipinski definition) is 4. The van der Waals surface area contributed by atoms with E-state index in [1.54, 1.807) is 56.3 Å². The molecule has 0 heterocycles. The van der Waals surface area contributed by atoms with E-state index in [0.29, 0.717) is 38.4 Å². The van der Waals surface area contributed by atoms with Crippen LogP contribution in [0.1, 0.15) is 31.9 Å². The third kappa shape index (κ3) is 7.91. The van der Waals surface area contributed by atoms with Gasteiger partial charge in [0.05, 0.1) is 10.6 Å². The van der Waals surface area contributed by atoms with Gasteiger partial charge in [0.25, 0.3) is 10.0 Å². The Balaban J connectivity index is 2.05. The molecule has 3 aromatic carbocycles. The van der Waals surface area contributed by atoms with E-state index in [4.69, 9.17) is 34.8 Å². The minimum atomic E-state index is -4.19. The summed E-state index contributed by atoms with van der Waals surface area (Å²) in [6, 6.07) is 16.5. The number of halogens is 3. The Bertz CT molecular complexity index is 1460. The third-order valence-corrected chi connectivity index (χ3v) is 8.89. The minimum Gasteiger partial charge on any atom is -0.354 e. The molecule has 3 rings (SSSR count). The minimum absolute atomic E-state index is 0.0250. The lowest BCUT2D eigenvalue weighted by molar-refractivity contribution is -0.139. The fraction of sp³-hybridized carbons (Fsp3) is 0.310. The first-order valence-corrected chi connectivity index (χ1v) is 15.2. The van der Waals surface area contributed by atoms with Crippen LogP contribution in [0.2, 0.25) is 15.1 Å². The smallest absolute Gasteiger partial charge is 0.264 e. The van der Waals surface area contributed by atoms with Gasteiger partial charge in [-0.25, -0.2) is 8.42 Å². The molecule has 3 aromatic rings. The van der Waals surface area contributed by atoms with E-state index in [2.05, 4.69) is 5.32 Å². The first-order valence-electron chi connectivity index (χ1n) is 12.7. The Morgan fingerprint density at radius 3 is 2.12 bits per heavy atom. The number of carbonyl (C=O) groups excluding carboxylic acids is 2. The van der Waals surface area contributed by atoms with Crippen LogP contribution < -0.4 is 9.62 Å². The largest absolute Gasteiger partial charge is 0.354 e. The molecule has 0 unspecified atom stereocenters. The van der Waals surface area contributed by atoms with Crippen LogP contribution in [0.4, 0.5) is 5.69 Å². The quantitative estimate of drug-likeness (QED) is 0.270. The van der Waals surface area contributed by atoms with Crippen LogP contribution in [0.5, 0.6) is 0 Å². The highest BCUT2D eigenvalue weighted by molar-refractivity contribution is 7.92. The lowest BCUT2D eigenvalue weighted by atomic mass is 10.1. The van der Waals surface area contributed by atoms with Crippen LogP contribution in [-0.2, 0) is 26.2 Å². The molecule has 40 heavy (non-hydrogen) atoms. The van der Waals surface area contributed by atoms with Crippen LogP contribution in [0.25, 0.3) is 0 Å². The summed E-state index contributed by atoms with van der Waals surface area (Å²) in [6.07, 6.45) is 0. The van der Waals surface area contributed by atoms with Crippen LogP contribution in [-0.4, -0.2) is 44.3 Å². The summed E-state index contributed by atoms with van der Waals surface area (Å²) in [5.41, 5.74) is 1.56. The van der Waals surface area contributed by atoms with Crippen LogP contribution in [0.15, 0.2) is 71.6 Å². The van der Waals surface area contributed by atoms with Gasteiger partial charge in [0.15, 0.2) is 0 Å². The SMILES string of the molecule is Cc1ccccc1N(CC(=O)N(Cc1ccc(Cl)cc1Cl)[C@H](C)C(=O)NCC(C)C)S(=O)(=O)c1ccc(Cl)cc1. The van der Waals surface area contributed by atoms with E-state index >= 15 is 0 Å². The van der Waals surface area contributed by atoms with Crippen molar-refractivity contribution in [2.75, 3.05) is 17.4 Å². The zero-order valence-electron chi connectivity index (χ0n) is 22.7. The first-order chi connectivity index (χ1) is 18.8. The predicted octanol–water partition coefficient (Wildman–Crippen LogP) is 6.34. The number of nitrogens with zero attached hydrogens (tertiary/aromatic N) is 2. The second-order valence-electron chi connectivity index (χ2n) is 9.82. The molecule has 0 aliphatic heterocycles. The Labute approximate surface area is 251 Å². The summed E-state index contributed by atoms with van der Waals surface area (Å²) in [5.74, 6) is -0.749. The number of nitrogens with one attached hydrogen (secondary N) is 1. The van der Waals surface area contributed by atoms with Crippen LogP contribution in [0, 0.1) is 12.8 Å². The van der Waals surface area contributed by atoms with Crippen molar-refractivity contribution in [1.82, 2.24) is 10.2 Å². The van der Waals surface area contributed by atoms with E-state index < -0.39 is 28.5 Å². The van der Waals surface area contributed by atoms with E-state index in [9.17, 15) is 18.0 Å². The second kappa shape index (κ2) is 13.7. The van der Waals surface area contributed by atoms with Crippen molar-refractivity contribution in [3.8, 4) is 0 Å². The van der Waals surface area contributed by atoms with Gasteiger partial charge in [0.2, 0.25) is 11.8 Å². The molecule has 214 valence electrons. The Hall–Kier alpha value is -2.78. The topological polar surface area (TPSA) is 86.8 Å². The van der Waals surface area contributed by atoms with Crippen molar-refractivity contribution < 1.29 is 18.0 Å². The average molecular weight is 625 g/mol. The zero-order chi connectivity index (χ0) is 29.6. The van der Waals surface area contributed by atoms with Gasteiger partial charge in [-0.2, -0.15) is 0 Å². The van der Waals surface area contributed by atoms with Crippen molar-refractivity contribution in [2.24, 2.45) is 5.92 Å². The molecule has 0 spiro atoms. The summed E-state index contributed by atoms with van der Waals surface area (Å²) in [5, 5.41) is 3.98. The van der Waals surface area contributed by atoms with Crippen molar-refractivity contribution in [1.29, 1.82) is 0 Å². The highest BCUT2D eigenvalue weighted by atomic mass is 35.5. The van der Waals surface area contributed by atoms with Crippen LogP contribution in [0.3, 0.4) is 0 Å². The number of anilines is 1. The number of amides is 2. The van der Waals surface area contributed by atoms with E-state index in [0.717, 1.165) is 4.31 Å². The third-order valence-electron chi connectivity index (χ3n) is 6.27. The molecule has 0 aromatic heterocycles. The van der Waals surface area contributed by atoms with E-state index in [-0.39, 0.29) is 23.3 Å². The molecule has 0 bridgehead atoms. The maximum absolute atomic E-state index is 14.0. The number of hydrogen-bond donors (Lipinski definition) is 1. The summed E-state index contributed by atoms with van der Waals surface area (Å²) < 4.78 is 28.8. The molecule has 0 radical (unpaired) electrons. The summed E-state index contributed by atoms with van der Waals surface area (Å²) >= 11 is 18.5. The first kappa shape index (κ1) is 31.7. The molecule has 11 heteroatoms. The van der Waals surface area contributed by atoms with Gasteiger partial charge in [-0.1, -0.05) is 72.9 Å². The van der Waals surface area contributed by atoms with Crippen molar-refractivity contribution in [2.45, 2.75) is 45.2 Å². The fourth-order valence-electron chi connectivity index (χ4n) is 3.96. The summed E-state index contributed by atoms with van der Waals surface area (Å²) in [6.45, 7) is 7.12. The van der Waals surface area contributed by atoms with Gasteiger partial charge in [0.1, 0.15) is 12.6 Å². The van der Waals surface area contributed by atoms with Gasteiger partial charge in [-0.15, -0.1) is 0 Å². The molecule has 0 fully saturated rings. The Kier molecular flexibility index (Phi) is 10.9. The lowest BCUT2D eigenvalue weighted by Gasteiger charge is -2.32. The standard InChI is InChI=1S/C29H32Cl3N3O4S/c1-19(2)16-33-29(37)21(4)34(17-22-9-10-24(31)15-26(22)32)28(36)18-35(27-8-6-5-7-20(27)3)40(38,39)25-13-11-23(30)12-14-25/h5-15,19,21H,16-18H2,1-4H3,(H,33,37)/t21-/m1/s1. The molecule has 0 aliphatic carbocycles. The number of benzene rings is 3. The maximum Gasteiger partial charge on any atom is 0.264 e. The second-order valence-corrected chi connectivity index (χ2v) is 13.0. The molecular formula is C29H32Cl3N3O4S. The molecule has 0 aliphatic rings. The molecule has 7 nitrogen and oxygen atoms in total. The predicted molar refractivity (Wildman–Crippen MR) is 161 cm³/mol. The molecule has 0 saturated carbocycles. The van der Waals surface area contributed by atoms with Crippen LogP contribution >= 0.6 is 34.8 Å².